The lowest BCUT2D eigenvalue weighted by atomic mass is 9.61. The average Bonchev–Trinajstić information content (AvgIpc) is 2.80. The monoisotopic (exact) mass is 410 g/mol. The minimum atomic E-state index is -0.209. The fraction of sp³-hybridized carbons (Fsp3) is 0.750. The van der Waals surface area contributed by atoms with Crippen LogP contribution in [0.3, 0.4) is 0 Å². The van der Waals surface area contributed by atoms with Gasteiger partial charge in [0, 0.05) is 0 Å². The highest BCUT2D eigenvalue weighted by Crippen LogP contribution is 2.49. The molecule has 0 spiro atoms. The van der Waals surface area contributed by atoms with Crippen LogP contribution in [0.1, 0.15) is 105 Å². The van der Waals surface area contributed by atoms with Gasteiger partial charge >= 0.3 is 5.97 Å². The number of fused-ring (bicyclic) bond motifs is 2. The molecule has 0 N–H and O–H groups in total. The fourth-order valence-corrected chi connectivity index (χ4v) is 7.00. The van der Waals surface area contributed by atoms with Crippen molar-refractivity contribution in [2.75, 3.05) is 7.11 Å². The Bertz CT molecular complexity index is 709. The molecule has 5 unspecified atom stereocenters. The lowest BCUT2D eigenvalue weighted by Crippen LogP contribution is -2.35. The Morgan fingerprint density at radius 2 is 1.67 bits per heavy atom. The molecule has 2 fully saturated rings. The zero-order chi connectivity index (χ0) is 20.9. The van der Waals surface area contributed by atoms with E-state index in [0.717, 1.165) is 36.0 Å². The van der Waals surface area contributed by atoms with Crippen LogP contribution in [-0.4, -0.2) is 13.1 Å². The molecule has 30 heavy (non-hydrogen) atoms. The summed E-state index contributed by atoms with van der Waals surface area (Å²) >= 11 is 0. The van der Waals surface area contributed by atoms with Gasteiger partial charge in [0.15, 0.2) is 0 Å². The number of carbonyl (C=O) groups excluding carboxylic acids is 1. The summed E-state index contributed by atoms with van der Waals surface area (Å²) in [5, 5.41) is 0. The molecule has 0 heterocycles. The van der Waals surface area contributed by atoms with Gasteiger partial charge in [0.05, 0.1) is 12.7 Å². The summed E-state index contributed by atoms with van der Waals surface area (Å²) in [6.45, 7) is 2.31. The van der Waals surface area contributed by atoms with E-state index >= 15 is 0 Å². The van der Waals surface area contributed by atoms with Gasteiger partial charge in [0.1, 0.15) is 0 Å². The van der Waals surface area contributed by atoms with E-state index in [1.807, 2.05) is 6.07 Å². The van der Waals surface area contributed by atoms with Gasteiger partial charge < -0.3 is 4.74 Å². The molecule has 0 bridgehead atoms. The van der Waals surface area contributed by atoms with Crippen LogP contribution in [0.15, 0.2) is 18.2 Å². The minimum Gasteiger partial charge on any atom is -0.465 e. The number of esters is 1. The van der Waals surface area contributed by atoms with Crippen molar-refractivity contribution < 1.29 is 9.53 Å². The molecule has 2 saturated carbocycles. The van der Waals surface area contributed by atoms with Crippen LogP contribution in [0.25, 0.3) is 0 Å². The van der Waals surface area contributed by atoms with E-state index in [0.29, 0.717) is 5.56 Å². The van der Waals surface area contributed by atoms with E-state index in [1.54, 1.807) is 0 Å². The third-order valence-electron chi connectivity index (χ3n) is 8.79. The molecule has 3 aliphatic rings. The highest BCUT2D eigenvalue weighted by Gasteiger charge is 2.38. The summed E-state index contributed by atoms with van der Waals surface area (Å²) in [6, 6.07) is 6.24. The van der Waals surface area contributed by atoms with Crippen molar-refractivity contribution in [3.63, 3.8) is 0 Å². The molecule has 5 atom stereocenters. The van der Waals surface area contributed by atoms with Crippen LogP contribution in [-0.2, 0) is 17.6 Å². The molecule has 0 saturated heterocycles. The van der Waals surface area contributed by atoms with Crippen molar-refractivity contribution in [3.8, 4) is 0 Å². The SMILES string of the molecule is CCCCCCC1CCC2CC(C3CCc4cc(C(=O)OC)ccc4C3)CCC2C1. The summed E-state index contributed by atoms with van der Waals surface area (Å²) in [5.41, 5.74) is 3.57. The van der Waals surface area contributed by atoms with Crippen LogP contribution >= 0.6 is 0 Å². The Balaban J connectivity index is 1.28. The first-order valence-electron chi connectivity index (χ1n) is 12.9. The number of carbonyl (C=O) groups is 1. The summed E-state index contributed by atoms with van der Waals surface area (Å²) in [5.74, 6) is 4.66. The van der Waals surface area contributed by atoms with Crippen LogP contribution in [0.2, 0.25) is 0 Å². The van der Waals surface area contributed by atoms with E-state index in [9.17, 15) is 4.79 Å². The molecule has 1 aromatic rings. The van der Waals surface area contributed by atoms with E-state index in [-0.39, 0.29) is 5.97 Å². The molecule has 0 aromatic heterocycles. The Kier molecular flexibility index (Phi) is 7.55. The molecular weight excluding hydrogens is 368 g/mol. The second-order valence-corrected chi connectivity index (χ2v) is 10.6. The van der Waals surface area contributed by atoms with Crippen molar-refractivity contribution >= 4 is 5.97 Å². The largest absolute Gasteiger partial charge is 0.465 e. The number of methoxy groups -OCH3 is 1. The van der Waals surface area contributed by atoms with Gasteiger partial charge in [0.2, 0.25) is 0 Å². The lowest BCUT2D eigenvalue weighted by Gasteiger charge is -2.45. The molecule has 0 aliphatic heterocycles. The van der Waals surface area contributed by atoms with E-state index in [2.05, 4.69) is 19.1 Å². The number of rotatable bonds is 7. The number of ether oxygens (including phenoxy) is 1. The maximum absolute atomic E-state index is 11.8. The first-order chi connectivity index (χ1) is 14.7. The fourth-order valence-electron chi connectivity index (χ4n) is 7.00. The van der Waals surface area contributed by atoms with Crippen molar-refractivity contribution in [1.29, 1.82) is 0 Å². The molecular formula is C28H42O2. The summed E-state index contributed by atoms with van der Waals surface area (Å²) in [4.78, 5) is 11.8. The lowest BCUT2D eigenvalue weighted by molar-refractivity contribution is 0.0600. The molecule has 4 rings (SSSR count). The summed E-state index contributed by atoms with van der Waals surface area (Å²) in [6.07, 6.45) is 19.9. The smallest absolute Gasteiger partial charge is 0.337 e. The summed E-state index contributed by atoms with van der Waals surface area (Å²) < 4.78 is 4.89. The van der Waals surface area contributed by atoms with Crippen molar-refractivity contribution in [2.24, 2.45) is 29.6 Å². The first kappa shape index (κ1) is 21.9. The average molecular weight is 411 g/mol. The van der Waals surface area contributed by atoms with Gasteiger partial charge in [-0.05, 0) is 104 Å². The Hall–Kier alpha value is -1.31. The minimum absolute atomic E-state index is 0.209. The number of aryl methyl sites for hydroxylation is 1. The quantitative estimate of drug-likeness (QED) is 0.346. The Labute approximate surface area is 184 Å². The Morgan fingerprint density at radius 1 is 0.900 bits per heavy atom. The van der Waals surface area contributed by atoms with Gasteiger partial charge in [-0.25, -0.2) is 4.79 Å². The van der Waals surface area contributed by atoms with Crippen molar-refractivity contribution in [3.05, 3.63) is 34.9 Å². The van der Waals surface area contributed by atoms with Gasteiger partial charge in [-0.3, -0.25) is 0 Å². The number of hydrogen-bond donors (Lipinski definition) is 0. The molecule has 2 nitrogen and oxygen atoms in total. The third kappa shape index (κ3) is 5.11. The summed E-state index contributed by atoms with van der Waals surface area (Å²) in [7, 11) is 1.47. The maximum Gasteiger partial charge on any atom is 0.337 e. The molecule has 166 valence electrons. The number of benzene rings is 1. The molecule has 0 radical (unpaired) electrons. The molecule has 2 heteroatoms. The second kappa shape index (κ2) is 10.3. The first-order valence-corrected chi connectivity index (χ1v) is 12.9. The van der Waals surface area contributed by atoms with E-state index < -0.39 is 0 Å². The van der Waals surface area contributed by atoms with Gasteiger partial charge in [-0.1, -0.05) is 51.5 Å². The van der Waals surface area contributed by atoms with Crippen LogP contribution in [0, 0.1) is 29.6 Å². The van der Waals surface area contributed by atoms with Crippen molar-refractivity contribution in [1.82, 2.24) is 0 Å². The van der Waals surface area contributed by atoms with E-state index in [1.165, 1.54) is 102 Å². The Morgan fingerprint density at radius 3 is 2.47 bits per heavy atom. The standard InChI is InChI=1S/C28H42O2/c1-3-4-5-6-7-20-8-9-22-17-23(11-10-21(22)16-20)24-12-13-26-19-27(28(29)30-2)15-14-25(26)18-24/h14-15,19-24H,3-13,16-18H2,1-2H3. The molecule has 3 aliphatic carbocycles. The predicted octanol–water partition coefficient (Wildman–Crippen LogP) is 7.38. The predicted molar refractivity (Wildman–Crippen MR) is 124 cm³/mol. The van der Waals surface area contributed by atoms with Crippen molar-refractivity contribution in [2.45, 2.75) is 96.8 Å². The zero-order valence-electron chi connectivity index (χ0n) is 19.3. The highest BCUT2D eigenvalue weighted by molar-refractivity contribution is 5.89. The van der Waals surface area contributed by atoms with E-state index in [4.69, 9.17) is 4.74 Å². The van der Waals surface area contributed by atoms with Crippen LogP contribution < -0.4 is 0 Å². The zero-order valence-corrected chi connectivity index (χ0v) is 19.3. The topological polar surface area (TPSA) is 26.3 Å². The van der Waals surface area contributed by atoms with Gasteiger partial charge in [0.25, 0.3) is 0 Å². The molecule has 0 amide bonds. The third-order valence-corrected chi connectivity index (χ3v) is 8.79. The number of unbranched alkanes of at least 4 members (excludes halogenated alkanes) is 3. The normalized spacial score (nSPS) is 30.9. The molecule has 1 aromatic carbocycles. The van der Waals surface area contributed by atoms with Crippen LogP contribution in [0.4, 0.5) is 0 Å². The van der Waals surface area contributed by atoms with Gasteiger partial charge in [-0.2, -0.15) is 0 Å². The number of hydrogen-bond acceptors (Lipinski definition) is 2. The van der Waals surface area contributed by atoms with Crippen LogP contribution in [0.5, 0.6) is 0 Å². The second-order valence-electron chi connectivity index (χ2n) is 10.6. The highest BCUT2D eigenvalue weighted by atomic mass is 16.5. The maximum atomic E-state index is 11.8. The van der Waals surface area contributed by atoms with Gasteiger partial charge in [-0.15, -0.1) is 0 Å².